The molecule has 19 heavy (non-hydrogen) atoms. The number of hydrogen-bond donors (Lipinski definition) is 0. The van der Waals surface area contributed by atoms with Gasteiger partial charge in [0.05, 0.1) is 5.56 Å². The van der Waals surface area contributed by atoms with Crippen molar-refractivity contribution in [1.82, 2.24) is 0 Å². The third kappa shape index (κ3) is 2.20. The van der Waals surface area contributed by atoms with Gasteiger partial charge in [-0.15, -0.1) is 0 Å². The molecule has 0 N–H and O–H groups in total. The highest BCUT2D eigenvalue weighted by atomic mass is 16.5. The fourth-order valence-electron chi connectivity index (χ4n) is 2.65. The molecule has 0 amide bonds. The van der Waals surface area contributed by atoms with Gasteiger partial charge in [0.2, 0.25) is 0 Å². The summed E-state index contributed by atoms with van der Waals surface area (Å²) in [4.78, 5) is 0. The smallest absolute Gasteiger partial charge is 0.145 e. The van der Waals surface area contributed by atoms with Gasteiger partial charge in [0, 0.05) is 0 Å². The molecule has 94 valence electrons. The zero-order chi connectivity index (χ0) is 13.2. The van der Waals surface area contributed by atoms with Crippen LogP contribution in [0.2, 0.25) is 0 Å². The van der Waals surface area contributed by atoms with E-state index in [1.807, 2.05) is 24.3 Å². The lowest BCUT2D eigenvalue weighted by atomic mass is 10.0. The second-order valence-electron chi connectivity index (χ2n) is 5.01. The third-order valence-electron chi connectivity index (χ3n) is 3.73. The molecule has 0 spiro atoms. The molecule has 0 aliphatic heterocycles. The van der Waals surface area contributed by atoms with Gasteiger partial charge >= 0.3 is 0 Å². The molecule has 3 rings (SSSR count). The molecule has 0 fully saturated rings. The van der Waals surface area contributed by atoms with E-state index in [1.54, 1.807) is 6.07 Å². The average molecular weight is 249 g/mol. The summed E-state index contributed by atoms with van der Waals surface area (Å²) in [7, 11) is 0. The molecule has 2 aromatic carbocycles. The Bertz CT molecular complexity index is 655. The van der Waals surface area contributed by atoms with E-state index in [9.17, 15) is 0 Å². The Labute approximate surface area is 113 Å². The van der Waals surface area contributed by atoms with Crippen molar-refractivity contribution in [2.45, 2.75) is 25.7 Å². The Morgan fingerprint density at radius 3 is 2.89 bits per heavy atom. The summed E-state index contributed by atoms with van der Waals surface area (Å²) >= 11 is 0. The van der Waals surface area contributed by atoms with Crippen molar-refractivity contribution in [1.29, 1.82) is 5.26 Å². The molecule has 2 nitrogen and oxygen atoms in total. The van der Waals surface area contributed by atoms with E-state index in [2.05, 4.69) is 25.1 Å². The zero-order valence-corrected chi connectivity index (χ0v) is 10.9. The number of ether oxygens (including phenoxy) is 1. The van der Waals surface area contributed by atoms with Crippen LogP contribution in [-0.4, -0.2) is 0 Å². The van der Waals surface area contributed by atoms with Crippen LogP contribution in [0.5, 0.6) is 11.5 Å². The Morgan fingerprint density at radius 2 is 2.05 bits per heavy atom. The zero-order valence-electron chi connectivity index (χ0n) is 10.9. The number of para-hydroxylation sites is 1. The molecule has 0 heterocycles. The summed E-state index contributed by atoms with van der Waals surface area (Å²) in [6.07, 6.45) is 2.33. The maximum Gasteiger partial charge on any atom is 0.145 e. The predicted molar refractivity (Wildman–Crippen MR) is 74.4 cm³/mol. The SMILES string of the molecule is CC1CCc2cc(Oc3ccccc3C#N)ccc21. The van der Waals surface area contributed by atoms with Gasteiger partial charge in [0.1, 0.15) is 17.6 Å². The third-order valence-corrected chi connectivity index (χ3v) is 3.73. The minimum atomic E-state index is 0.566. The van der Waals surface area contributed by atoms with E-state index in [1.165, 1.54) is 17.5 Å². The average Bonchev–Trinajstić information content (AvgIpc) is 2.81. The molecular weight excluding hydrogens is 234 g/mol. The highest BCUT2D eigenvalue weighted by molar-refractivity contribution is 5.47. The first kappa shape index (κ1) is 11.8. The van der Waals surface area contributed by atoms with Crippen LogP contribution in [0, 0.1) is 11.3 Å². The Balaban J connectivity index is 1.91. The van der Waals surface area contributed by atoms with Crippen molar-refractivity contribution in [2.24, 2.45) is 0 Å². The predicted octanol–water partition coefficient (Wildman–Crippen LogP) is 4.40. The van der Waals surface area contributed by atoms with Crippen molar-refractivity contribution in [3.05, 3.63) is 59.2 Å². The lowest BCUT2D eigenvalue weighted by Crippen LogP contribution is -1.90. The Hall–Kier alpha value is -2.27. The van der Waals surface area contributed by atoms with Crippen molar-refractivity contribution in [3.63, 3.8) is 0 Å². The molecule has 0 saturated heterocycles. The molecule has 1 aliphatic carbocycles. The minimum Gasteiger partial charge on any atom is -0.456 e. The van der Waals surface area contributed by atoms with E-state index in [0.717, 1.165) is 12.2 Å². The molecule has 2 heteroatoms. The van der Waals surface area contributed by atoms with Crippen LogP contribution in [0.25, 0.3) is 0 Å². The van der Waals surface area contributed by atoms with Gasteiger partial charge in [-0.3, -0.25) is 0 Å². The van der Waals surface area contributed by atoms with E-state index in [4.69, 9.17) is 10.00 Å². The van der Waals surface area contributed by atoms with E-state index in [0.29, 0.717) is 17.2 Å². The fraction of sp³-hybridized carbons (Fsp3) is 0.235. The van der Waals surface area contributed by atoms with Gasteiger partial charge in [0.15, 0.2) is 0 Å². The number of benzene rings is 2. The lowest BCUT2D eigenvalue weighted by Gasteiger charge is -2.10. The number of aryl methyl sites for hydroxylation is 1. The largest absolute Gasteiger partial charge is 0.456 e. The second kappa shape index (κ2) is 4.78. The van der Waals surface area contributed by atoms with Gasteiger partial charge < -0.3 is 4.74 Å². The maximum atomic E-state index is 9.06. The molecule has 0 saturated carbocycles. The topological polar surface area (TPSA) is 33.0 Å². The quantitative estimate of drug-likeness (QED) is 0.790. The first-order chi connectivity index (χ1) is 9.28. The van der Waals surface area contributed by atoms with Crippen molar-refractivity contribution in [3.8, 4) is 17.6 Å². The molecule has 0 bridgehead atoms. The van der Waals surface area contributed by atoms with Crippen LogP contribution < -0.4 is 4.74 Å². The van der Waals surface area contributed by atoms with E-state index < -0.39 is 0 Å². The summed E-state index contributed by atoms with van der Waals surface area (Å²) in [6.45, 7) is 2.26. The summed E-state index contributed by atoms with van der Waals surface area (Å²) < 4.78 is 5.84. The highest BCUT2D eigenvalue weighted by Gasteiger charge is 2.18. The van der Waals surface area contributed by atoms with Crippen LogP contribution in [-0.2, 0) is 6.42 Å². The van der Waals surface area contributed by atoms with Gasteiger partial charge in [-0.05, 0) is 54.2 Å². The Kier molecular flexibility index (Phi) is 2.97. The molecule has 1 unspecified atom stereocenters. The van der Waals surface area contributed by atoms with Crippen molar-refractivity contribution < 1.29 is 4.74 Å². The normalized spacial score (nSPS) is 16.7. The standard InChI is InChI=1S/C17H15NO/c1-12-6-7-13-10-15(8-9-16(12)13)19-17-5-3-2-4-14(17)11-18/h2-5,8-10,12H,6-7H2,1H3. The van der Waals surface area contributed by atoms with Gasteiger partial charge in [0.25, 0.3) is 0 Å². The molecule has 0 aromatic heterocycles. The number of fused-ring (bicyclic) bond motifs is 1. The van der Waals surface area contributed by atoms with Crippen LogP contribution in [0.15, 0.2) is 42.5 Å². The number of nitrogens with zero attached hydrogens (tertiary/aromatic N) is 1. The fourth-order valence-corrected chi connectivity index (χ4v) is 2.65. The van der Waals surface area contributed by atoms with Crippen LogP contribution in [0.1, 0.15) is 36.0 Å². The Morgan fingerprint density at radius 1 is 1.21 bits per heavy atom. The summed E-state index contributed by atoms with van der Waals surface area (Å²) in [5, 5.41) is 9.06. The van der Waals surface area contributed by atoms with Gasteiger partial charge in [-0.2, -0.15) is 5.26 Å². The van der Waals surface area contributed by atoms with E-state index in [-0.39, 0.29) is 0 Å². The lowest BCUT2D eigenvalue weighted by molar-refractivity contribution is 0.480. The maximum absolute atomic E-state index is 9.06. The number of hydrogen-bond acceptors (Lipinski definition) is 2. The van der Waals surface area contributed by atoms with Crippen molar-refractivity contribution >= 4 is 0 Å². The monoisotopic (exact) mass is 249 g/mol. The van der Waals surface area contributed by atoms with Gasteiger partial charge in [-0.25, -0.2) is 0 Å². The summed E-state index contributed by atoms with van der Waals surface area (Å²) in [5.74, 6) is 2.09. The summed E-state index contributed by atoms with van der Waals surface area (Å²) in [5.41, 5.74) is 3.37. The minimum absolute atomic E-state index is 0.566. The van der Waals surface area contributed by atoms with Gasteiger partial charge in [-0.1, -0.05) is 25.1 Å². The van der Waals surface area contributed by atoms with Crippen LogP contribution >= 0.6 is 0 Å². The van der Waals surface area contributed by atoms with Crippen molar-refractivity contribution in [2.75, 3.05) is 0 Å². The highest BCUT2D eigenvalue weighted by Crippen LogP contribution is 2.36. The molecule has 1 aliphatic rings. The first-order valence-electron chi connectivity index (χ1n) is 6.58. The van der Waals surface area contributed by atoms with E-state index >= 15 is 0 Å². The molecule has 0 radical (unpaired) electrons. The van der Waals surface area contributed by atoms with Crippen LogP contribution in [0.4, 0.5) is 0 Å². The first-order valence-corrected chi connectivity index (χ1v) is 6.58. The second-order valence-corrected chi connectivity index (χ2v) is 5.01. The molecule has 2 aromatic rings. The molecular formula is C17H15NO. The number of nitriles is 1. The number of rotatable bonds is 2. The summed E-state index contributed by atoms with van der Waals surface area (Å²) in [6, 6.07) is 15.7. The van der Waals surface area contributed by atoms with Crippen LogP contribution in [0.3, 0.4) is 0 Å². The molecule has 1 atom stereocenters.